The Morgan fingerprint density at radius 3 is 2.75 bits per heavy atom. The van der Waals surface area contributed by atoms with Gasteiger partial charge < -0.3 is 10.4 Å². The van der Waals surface area contributed by atoms with Gasteiger partial charge in [-0.2, -0.15) is 4.21 Å². The number of rotatable bonds is 5. The fourth-order valence-electron chi connectivity index (χ4n) is 0.962. The third kappa shape index (κ3) is 3.78. The Kier molecular flexibility index (Phi) is 4.69. The minimum absolute atomic E-state index is 0.0149. The molecule has 0 aromatic heterocycles. The molecule has 1 aromatic carbocycles. The number of halogens is 1. The van der Waals surface area contributed by atoms with E-state index in [1.165, 1.54) is 18.2 Å². The molecular formula is C8H8ClNO5S. The Morgan fingerprint density at radius 2 is 2.25 bits per heavy atom. The molecule has 8 heteroatoms. The summed E-state index contributed by atoms with van der Waals surface area (Å²) in [7, 11) is 0. The Labute approximate surface area is 98.7 Å². The van der Waals surface area contributed by atoms with Crippen molar-refractivity contribution in [1.82, 2.24) is 0 Å². The molecule has 0 fully saturated rings. The maximum absolute atomic E-state index is 10.6. The fraction of sp³-hybridized carbons (Fsp3) is 0.125. The Bertz CT molecular complexity index is 425. The topological polar surface area (TPSA) is 95.9 Å². The lowest BCUT2D eigenvalue weighted by Gasteiger charge is -2.06. The lowest BCUT2D eigenvalue weighted by molar-refractivity contribution is 0.0697. The summed E-state index contributed by atoms with van der Waals surface area (Å²) in [6.45, 7) is -0.189. The van der Waals surface area contributed by atoms with Gasteiger partial charge in [0.15, 0.2) is 0 Å². The fourth-order valence-corrected chi connectivity index (χ4v) is 1.38. The minimum atomic E-state index is -2.35. The highest BCUT2D eigenvalue weighted by Gasteiger charge is 2.08. The molecule has 16 heavy (non-hydrogen) atoms. The average molecular weight is 266 g/mol. The van der Waals surface area contributed by atoms with Crippen LogP contribution in [0.15, 0.2) is 18.2 Å². The normalized spacial score (nSPS) is 12.1. The quantitative estimate of drug-likeness (QED) is 0.552. The second kappa shape index (κ2) is 5.80. The van der Waals surface area contributed by atoms with Crippen molar-refractivity contribution in [2.75, 3.05) is 12.0 Å². The summed E-state index contributed by atoms with van der Waals surface area (Å²) in [5, 5.41) is 11.4. The number of hydrogen-bond acceptors (Lipinski definition) is 4. The maximum Gasteiger partial charge on any atom is 0.337 e. The van der Waals surface area contributed by atoms with Crippen LogP contribution in [0.2, 0.25) is 5.02 Å². The van der Waals surface area contributed by atoms with Gasteiger partial charge in [-0.05, 0) is 18.2 Å². The van der Waals surface area contributed by atoms with Gasteiger partial charge in [-0.15, -0.1) is 0 Å². The van der Waals surface area contributed by atoms with E-state index in [1.54, 1.807) is 0 Å². The average Bonchev–Trinajstić information content (AvgIpc) is 2.16. The summed E-state index contributed by atoms with van der Waals surface area (Å²) in [4.78, 5) is 10.6. The van der Waals surface area contributed by atoms with Crippen molar-refractivity contribution in [1.29, 1.82) is 0 Å². The zero-order valence-corrected chi connectivity index (χ0v) is 9.42. The van der Waals surface area contributed by atoms with Crippen molar-refractivity contribution >= 4 is 34.6 Å². The van der Waals surface area contributed by atoms with Crippen LogP contribution in [0.4, 0.5) is 5.69 Å². The van der Waals surface area contributed by atoms with E-state index < -0.39 is 17.3 Å². The summed E-state index contributed by atoms with van der Waals surface area (Å²) in [5.41, 5.74) is 0.472. The second-order valence-corrected chi connectivity index (χ2v) is 3.73. The van der Waals surface area contributed by atoms with Crippen molar-refractivity contribution in [3.63, 3.8) is 0 Å². The molecule has 1 rings (SSSR count). The van der Waals surface area contributed by atoms with Gasteiger partial charge in [0.1, 0.15) is 6.73 Å². The highest BCUT2D eigenvalue weighted by atomic mass is 35.5. The zero-order valence-electron chi connectivity index (χ0n) is 7.84. The lowest BCUT2D eigenvalue weighted by Crippen LogP contribution is -2.08. The molecule has 0 saturated heterocycles. The molecule has 0 saturated carbocycles. The van der Waals surface area contributed by atoms with Crippen molar-refractivity contribution in [3.8, 4) is 0 Å². The van der Waals surface area contributed by atoms with Crippen LogP contribution >= 0.6 is 11.6 Å². The second-order valence-electron chi connectivity index (χ2n) is 2.66. The first-order chi connectivity index (χ1) is 7.50. The molecule has 3 N–H and O–H groups in total. The Morgan fingerprint density at radius 1 is 1.56 bits per heavy atom. The number of carbonyl (C=O) groups is 1. The molecule has 0 radical (unpaired) electrons. The standard InChI is InChI=1S/C8H8ClNO5S/c9-7-3-5(10-4-15-16(13)14)1-2-6(7)8(11)12/h1-3,10H,4H2,(H,11,12)(H,13,14). The highest BCUT2D eigenvalue weighted by Crippen LogP contribution is 2.20. The molecule has 0 spiro atoms. The smallest absolute Gasteiger partial charge is 0.337 e. The molecular weight excluding hydrogens is 258 g/mol. The van der Waals surface area contributed by atoms with Crippen molar-refractivity contribution in [2.45, 2.75) is 0 Å². The molecule has 1 unspecified atom stereocenters. The van der Waals surface area contributed by atoms with E-state index in [-0.39, 0.29) is 17.3 Å². The monoisotopic (exact) mass is 265 g/mol. The van der Waals surface area contributed by atoms with E-state index in [4.69, 9.17) is 21.3 Å². The van der Waals surface area contributed by atoms with Gasteiger partial charge in [0.05, 0.1) is 10.6 Å². The molecule has 6 nitrogen and oxygen atoms in total. The molecule has 1 aromatic rings. The predicted molar refractivity (Wildman–Crippen MR) is 58.8 cm³/mol. The van der Waals surface area contributed by atoms with Crippen LogP contribution in [-0.2, 0) is 15.5 Å². The van der Waals surface area contributed by atoms with E-state index in [1.807, 2.05) is 0 Å². The van der Waals surface area contributed by atoms with Crippen LogP contribution in [0.1, 0.15) is 10.4 Å². The van der Waals surface area contributed by atoms with Crippen LogP contribution in [0.3, 0.4) is 0 Å². The molecule has 0 bridgehead atoms. The van der Waals surface area contributed by atoms with Crippen molar-refractivity contribution in [3.05, 3.63) is 28.8 Å². The predicted octanol–water partition coefficient (Wildman–Crippen LogP) is 1.56. The van der Waals surface area contributed by atoms with Crippen LogP contribution in [0, 0.1) is 0 Å². The minimum Gasteiger partial charge on any atom is -0.478 e. The first-order valence-corrected chi connectivity index (χ1v) is 5.42. The molecule has 0 aliphatic carbocycles. The molecule has 88 valence electrons. The lowest BCUT2D eigenvalue weighted by atomic mass is 10.2. The first-order valence-electron chi connectivity index (χ1n) is 4.01. The van der Waals surface area contributed by atoms with Crippen LogP contribution in [0.25, 0.3) is 0 Å². The summed E-state index contributed by atoms with van der Waals surface area (Å²) < 4.78 is 22.8. The largest absolute Gasteiger partial charge is 0.478 e. The number of hydrogen-bond donors (Lipinski definition) is 3. The zero-order chi connectivity index (χ0) is 12.1. The van der Waals surface area contributed by atoms with Crippen molar-refractivity contribution in [2.24, 2.45) is 0 Å². The number of carboxylic acid groups (broad SMARTS) is 1. The SMILES string of the molecule is O=C(O)c1ccc(NCOS(=O)O)cc1Cl. The van der Waals surface area contributed by atoms with E-state index >= 15 is 0 Å². The number of aromatic carboxylic acids is 1. The van der Waals surface area contributed by atoms with Gasteiger partial charge in [0, 0.05) is 5.69 Å². The summed E-state index contributed by atoms with van der Waals surface area (Å²) in [6, 6.07) is 4.18. The highest BCUT2D eigenvalue weighted by molar-refractivity contribution is 7.74. The van der Waals surface area contributed by atoms with E-state index in [9.17, 15) is 9.00 Å². The number of benzene rings is 1. The van der Waals surface area contributed by atoms with Crippen LogP contribution in [-0.4, -0.2) is 26.6 Å². The van der Waals surface area contributed by atoms with Gasteiger partial charge in [-0.3, -0.25) is 4.55 Å². The number of anilines is 1. The van der Waals surface area contributed by atoms with Gasteiger partial charge in [-0.1, -0.05) is 11.6 Å². The van der Waals surface area contributed by atoms with Crippen LogP contribution < -0.4 is 5.32 Å². The van der Waals surface area contributed by atoms with Gasteiger partial charge in [0.2, 0.25) is 0 Å². The molecule has 0 aliphatic heterocycles. The van der Waals surface area contributed by atoms with Crippen LogP contribution in [0.5, 0.6) is 0 Å². The number of carboxylic acids is 1. The van der Waals surface area contributed by atoms with Crippen molar-refractivity contribution < 1.29 is 22.8 Å². The third-order valence-corrected chi connectivity index (χ3v) is 2.27. The summed E-state index contributed by atoms with van der Waals surface area (Å²) >= 11 is 3.35. The molecule has 0 heterocycles. The first kappa shape index (κ1) is 12.9. The number of nitrogens with one attached hydrogen (secondary N) is 1. The van der Waals surface area contributed by atoms with Gasteiger partial charge in [0.25, 0.3) is 0 Å². The molecule has 0 aliphatic rings. The van der Waals surface area contributed by atoms with E-state index in [2.05, 4.69) is 9.50 Å². The Hall–Kier alpha value is -1.15. The van der Waals surface area contributed by atoms with E-state index in [0.29, 0.717) is 5.69 Å². The molecule has 0 amide bonds. The van der Waals surface area contributed by atoms with Gasteiger partial charge >= 0.3 is 17.3 Å². The summed E-state index contributed by atoms with van der Waals surface area (Å²) in [5.74, 6) is -1.12. The molecule has 1 atom stereocenters. The van der Waals surface area contributed by atoms with Gasteiger partial charge in [-0.25, -0.2) is 8.98 Å². The summed E-state index contributed by atoms with van der Waals surface area (Å²) in [6.07, 6.45) is 0. The Balaban J connectivity index is 2.66. The maximum atomic E-state index is 10.6. The third-order valence-electron chi connectivity index (χ3n) is 1.64. The van der Waals surface area contributed by atoms with E-state index in [0.717, 1.165) is 0 Å².